The minimum Gasteiger partial charge on any atom is -0.377 e. The molecule has 4 atom stereocenters. The molecular weight excluding hydrogens is 260 g/mol. The third-order valence-corrected chi connectivity index (χ3v) is 6.74. The fourth-order valence-electron chi connectivity index (χ4n) is 4.00. The summed E-state index contributed by atoms with van der Waals surface area (Å²) < 4.78 is 5.73. The van der Waals surface area contributed by atoms with Gasteiger partial charge in [0.15, 0.2) is 0 Å². The van der Waals surface area contributed by atoms with Crippen molar-refractivity contribution in [1.82, 2.24) is 5.32 Å². The van der Waals surface area contributed by atoms with Crippen molar-refractivity contribution in [1.29, 1.82) is 0 Å². The van der Waals surface area contributed by atoms with Crippen molar-refractivity contribution in [3.8, 4) is 0 Å². The maximum absolute atomic E-state index is 12.6. The molecule has 4 nitrogen and oxygen atoms in total. The average molecular weight is 284 g/mol. The van der Waals surface area contributed by atoms with Crippen LogP contribution in [0, 0.1) is 11.3 Å². The van der Waals surface area contributed by atoms with Gasteiger partial charge in [0.1, 0.15) is 5.54 Å². The summed E-state index contributed by atoms with van der Waals surface area (Å²) in [6.45, 7) is 5.62. The number of nitrogens with one attached hydrogen (secondary N) is 1. The summed E-state index contributed by atoms with van der Waals surface area (Å²) in [7, 11) is 0. The SMILES string of the molecule is CC1(C)C2OCCC2C1(N)C(=O)NCC1CCCS1. The molecule has 1 amide bonds. The Hall–Kier alpha value is -0.260. The molecule has 0 aromatic rings. The molecule has 3 fully saturated rings. The molecule has 108 valence electrons. The Kier molecular flexibility index (Phi) is 3.35. The van der Waals surface area contributed by atoms with Crippen molar-refractivity contribution < 1.29 is 9.53 Å². The summed E-state index contributed by atoms with van der Waals surface area (Å²) in [5.74, 6) is 1.44. The van der Waals surface area contributed by atoms with Crippen molar-refractivity contribution in [3.05, 3.63) is 0 Å². The molecule has 4 unspecified atom stereocenters. The summed E-state index contributed by atoms with van der Waals surface area (Å²) in [4.78, 5) is 12.6. The number of thioether (sulfide) groups is 1. The first kappa shape index (κ1) is 13.7. The molecular formula is C14H24N2O2S. The van der Waals surface area contributed by atoms with Crippen molar-refractivity contribution in [3.63, 3.8) is 0 Å². The molecule has 2 saturated heterocycles. The molecule has 0 aromatic carbocycles. The minimum absolute atomic E-state index is 0.0248. The molecule has 0 spiro atoms. The van der Waals surface area contributed by atoms with Crippen LogP contribution in [0.5, 0.6) is 0 Å². The number of hydrogen-bond donors (Lipinski definition) is 2. The molecule has 0 radical (unpaired) electrons. The van der Waals surface area contributed by atoms with Crippen LogP contribution in [0.25, 0.3) is 0 Å². The molecule has 3 rings (SSSR count). The fraction of sp³-hybridized carbons (Fsp3) is 0.929. The molecule has 0 bridgehead atoms. The van der Waals surface area contributed by atoms with Crippen LogP contribution in [-0.2, 0) is 9.53 Å². The average Bonchev–Trinajstić information content (AvgIpc) is 3.04. The molecule has 5 heteroatoms. The standard InChI is InChI=1S/C14H24N2O2S/c1-13(2)11-10(5-6-18-11)14(13,15)12(17)16-8-9-4-3-7-19-9/h9-11H,3-8,15H2,1-2H3,(H,16,17). The molecule has 19 heavy (non-hydrogen) atoms. The Balaban J connectivity index is 1.64. The molecule has 3 N–H and O–H groups in total. The summed E-state index contributed by atoms with van der Waals surface area (Å²) in [6, 6.07) is 0. The first-order valence-corrected chi connectivity index (χ1v) is 8.33. The molecule has 2 heterocycles. The highest BCUT2D eigenvalue weighted by molar-refractivity contribution is 8.00. The van der Waals surface area contributed by atoms with Crippen molar-refractivity contribution in [2.24, 2.45) is 17.1 Å². The zero-order chi connectivity index (χ0) is 13.7. The van der Waals surface area contributed by atoms with Gasteiger partial charge in [0.25, 0.3) is 0 Å². The van der Waals surface area contributed by atoms with E-state index >= 15 is 0 Å². The van der Waals surface area contributed by atoms with E-state index in [9.17, 15) is 4.79 Å². The van der Waals surface area contributed by atoms with Gasteiger partial charge in [-0.3, -0.25) is 4.79 Å². The Morgan fingerprint density at radius 2 is 2.26 bits per heavy atom. The summed E-state index contributed by atoms with van der Waals surface area (Å²) >= 11 is 1.96. The molecule has 2 aliphatic heterocycles. The van der Waals surface area contributed by atoms with E-state index in [0.717, 1.165) is 19.6 Å². The number of rotatable bonds is 3. The van der Waals surface area contributed by atoms with Gasteiger partial charge in [-0.25, -0.2) is 0 Å². The van der Waals surface area contributed by atoms with Gasteiger partial charge in [-0.2, -0.15) is 11.8 Å². The van der Waals surface area contributed by atoms with Gasteiger partial charge in [-0.15, -0.1) is 0 Å². The van der Waals surface area contributed by atoms with Gasteiger partial charge >= 0.3 is 0 Å². The summed E-state index contributed by atoms with van der Waals surface area (Å²) in [5.41, 5.74) is 5.48. The van der Waals surface area contributed by atoms with Crippen LogP contribution in [0.15, 0.2) is 0 Å². The van der Waals surface area contributed by atoms with Gasteiger partial charge in [-0.05, 0) is 25.0 Å². The number of nitrogens with two attached hydrogens (primary N) is 1. The molecule has 1 saturated carbocycles. The van der Waals surface area contributed by atoms with Gasteiger partial charge in [-0.1, -0.05) is 13.8 Å². The van der Waals surface area contributed by atoms with Crippen molar-refractivity contribution in [2.45, 2.75) is 50.0 Å². The third kappa shape index (κ3) is 1.85. The lowest BCUT2D eigenvalue weighted by atomic mass is 9.48. The smallest absolute Gasteiger partial charge is 0.241 e. The predicted molar refractivity (Wildman–Crippen MR) is 77.0 cm³/mol. The van der Waals surface area contributed by atoms with Gasteiger partial charge < -0.3 is 15.8 Å². The van der Waals surface area contributed by atoms with Crippen LogP contribution < -0.4 is 11.1 Å². The molecule has 3 aliphatic rings. The maximum atomic E-state index is 12.6. The van der Waals surface area contributed by atoms with E-state index in [0.29, 0.717) is 5.25 Å². The Bertz CT molecular complexity index is 382. The zero-order valence-corrected chi connectivity index (χ0v) is 12.6. The topological polar surface area (TPSA) is 64.3 Å². The lowest BCUT2D eigenvalue weighted by Crippen LogP contribution is -2.80. The monoisotopic (exact) mass is 284 g/mol. The quantitative estimate of drug-likeness (QED) is 0.816. The normalized spacial score (nSPS) is 43.6. The highest BCUT2D eigenvalue weighted by Gasteiger charge is 2.71. The van der Waals surface area contributed by atoms with Gasteiger partial charge in [0.2, 0.25) is 5.91 Å². The van der Waals surface area contributed by atoms with Gasteiger partial charge in [0.05, 0.1) is 6.10 Å². The van der Waals surface area contributed by atoms with E-state index < -0.39 is 5.54 Å². The molecule has 1 aliphatic carbocycles. The van der Waals surface area contributed by atoms with E-state index in [1.807, 2.05) is 11.8 Å². The Morgan fingerprint density at radius 1 is 1.47 bits per heavy atom. The first-order valence-electron chi connectivity index (χ1n) is 7.28. The Labute approximate surface area is 119 Å². The number of carbonyl (C=O) groups excluding carboxylic acids is 1. The second kappa shape index (κ2) is 4.64. The van der Waals surface area contributed by atoms with Crippen LogP contribution in [-0.4, -0.2) is 41.7 Å². The lowest BCUT2D eigenvalue weighted by Gasteiger charge is -2.60. The first-order chi connectivity index (χ1) is 8.98. The van der Waals surface area contributed by atoms with E-state index in [-0.39, 0.29) is 23.3 Å². The predicted octanol–water partition coefficient (Wildman–Crippen LogP) is 1.14. The van der Waals surface area contributed by atoms with Crippen LogP contribution in [0.1, 0.15) is 33.1 Å². The van der Waals surface area contributed by atoms with Crippen LogP contribution in [0.4, 0.5) is 0 Å². The van der Waals surface area contributed by atoms with Crippen LogP contribution >= 0.6 is 11.8 Å². The van der Waals surface area contributed by atoms with Crippen LogP contribution in [0.2, 0.25) is 0 Å². The molecule has 0 aromatic heterocycles. The van der Waals surface area contributed by atoms with Gasteiger partial charge in [0, 0.05) is 29.7 Å². The second-order valence-electron chi connectivity index (χ2n) is 6.62. The number of ether oxygens (including phenoxy) is 1. The van der Waals surface area contributed by atoms with E-state index in [1.54, 1.807) is 0 Å². The highest BCUT2D eigenvalue weighted by atomic mass is 32.2. The Morgan fingerprint density at radius 3 is 2.95 bits per heavy atom. The van der Waals surface area contributed by atoms with Crippen molar-refractivity contribution >= 4 is 17.7 Å². The van der Waals surface area contributed by atoms with E-state index in [4.69, 9.17) is 10.5 Å². The highest BCUT2D eigenvalue weighted by Crippen LogP contribution is 2.58. The fourth-order valence-corrected chi connectivity index (χ4v) is 5.20. The maximum Gasteiger partial charge on any atom is 0.241 e. The zero-order valence-electron chi connectivity index (χ0n) is 11.8. The third-order valence-electron chi connectivity index (χ3n) is 5.34. The van der Waals surface area contributed by atoms with E-state index in [2.05, 4.69) is 19.2 Å². The van der Waals surface area contributed by atoms with Crippen molar-refractivity contribution in [2.75, 3.05) is 18.9 Å². The van der Waals surface area contributed by atoms with Crippen LogP contribution in [0.3, 0.4) is 0 Å². The number of fused-ring (bicyclic) bond motifs is 1. The second-order valence-corrected chi connectivity index (χ2v) is 8.03. The van der Waals surface area contributed by atoms with E-state index in [1.165, 1.54) is 18.6 Å². The summed E-state index contributed by atoms with van der Waals surface area (Å²) in [5, 5.41) is 3.67. The number of carbonyl (C=O) groups is 1. The lowest BCUT2D eigenvalue weighted by molar-refractivity contribution is -0.175. The largest absolute Gasteiger partial charge is 0.377 e. The number of amides is 1. The minimum atomic E-state index is -0.753. The summed E-state index contributed by atoms with van der Waals surface area (Å²) in [6.07, 6.45) is 3.55. The number of hydrogen-bond acceptors (Lipinski definition) is 4.